The molecular weight excluding hydrogens is 785 g/mol. The molecule has 0 bridgehead atoms. The maximum atomic E-state index is 2.49. The Morgan fingerprint density at radius 3 is 1.12 bits per heavy atom. The van der Waals surface area contributed by atoms with E-state index >= 15 is 0 Å². The quantitative estimate of drug-likeness (QED) is 0.154. The molecule has 0 spiro atoms. The van der Waals surface area contributed by atoms with Gasteiger partial charge in [-0.15, -0.1) is 0 Å². The third-order valence-corrected chi connectivity index (χ3v) is 14.1. The van der Waals surface area contributed by atoms with Gasteiger partial charge in [0.05, 0.1) is 22.7 Å². The summed E-state index contributed by atoms with van der Waals surface area (Å²) in [7, 11) is 0. The lowest BCUT2D eigenvalue weighted by atomic mass is 9.79. The predicted molar refractivity (Wildman–Crippen MR) is 278 cm³/mol. The van der Waals surface area contributed by atoms with Gasteiger partial charge in [0, 0.05) is 38.3 Å². The van der Waals surface area contributed by atoms with Crippen molar-refractivity contribution in [2.24, 2.45) is 0 Å². The zero-order chi connectivity index (χ0) is 43.2. The van der Waals surface area contributed by atoms with Crippen molar-refractivity contribution in [2.75, 3.05) is 9.80 Å². The van der Waals surface area contributed by atoms with Crippen LogP contribution in [0.1, 0.15) is 25.0 Å². The Labute approximate surface area is 378 Å². The van der Waals surface area contributed by atoms with Crippen molar-refractivity contribution >= 4 is 98.8 Å². The van der Waals surface area contributed by atoms with Crippen molar-refractivity contribution in [3.05, 3.63) is 242 Å². The number of anilines is 6. The standard InChI is InChI=1S/C63H44N2/c1-63(2)56-40-46(65(59-33-15-23-43-19-5-9-27-49(43)59)60-34-16-24-44-20-6-10-28-50(44)60)36-38-54(56)61-52-30-12-11-29-51(52)55-39-45(35-37-53(55)62(61)63)64(57-31-13-21-41-17-3-7-25-47(41)57)58-32-14-22-42-18-4-8-26-48(42)58/h3-40H,1-2H3. The first kappa shape index (κ1) is 37.4. The second kappa shape index (κ2) is 14.4. The van der Waals surface area contributed by atoms with Gasteiger partial charge in [-0.3, -0.25) is 0 Å². The van der Waals surface area contributed by atoms with Crippen LogP contribution in [-0.4, -0.2) is 0 Å². The Morgan fingerprint density at radius 1 is 0.292 bits per heavy atom. The molecule has 0 unspecified atom stereocenters. The third kappa shape index (κ3) is 5.67. The summed E-state index contributed by atoms with van der Waals surface area (Å²) in [5, 5.41) is 14.9. The Kier molecular flexibility index (Phi) is 8.29. The van der Waals surface area contributed by atoms with Gasteiger partial charge >= 0.3 is 0 Å². The number of fused-ring (bicyclic) bond motifs is 12. The first-order valence-electron chi connectivity index (χ1n) is 22.7. The van der Waals surface area contributed by atoms with Gasteiger partial charge in [-0.05, 0) is 114 Å². The first-order chi connectivity index (χ1) is 32.0. The van der Waals surface area contributed by atoms with Crippen molar-refractivity contribution in [1.29, 1.82) is 0 Å². The summed E-state index contributed by atoms with van der Waals surface area (Å²) < 4.78 is 0. The highest BCUT2D eigenvalue weighted by Crippen LogP contribution is 2.57. The maximum absolute atomic E-state index is 2.49. The molecule has 0 atom stereocenters. The molecule has 65 heavy (non-hydrogen) atoms. The Balaban J connectivity index is 1.04. The minimum Gasteiger partial charge on any atom is -0.309 e. The molecule has 12 aromatic carbocycles. The lowest BCUT2D eigenvalue weighted by Gasteiger charge is -2.30. The van der Waals surface area contributed by atoms with E-state index in [0.717, 1.165) is 34.1 Å². The molecule has 0 aromatic heterocycles. The predicted octanol–water partition coefficient (Wildman–Crippen LogP) is 17.9. The second-order valence-electron chi connectivity index (χ2n) is 18.0. The smallest absolute Gasteiger partial charge is 0.0540 e. The fourth-order valence-electron chi connectivity index (χ4n) is 11.2. The zero-order valence-corrected chi connectivity index (χ0v) is 36.3. The molecule has 2 nitrogen and oxygen atoms in total. The third-order valence-electron chi connectivity index (χ3n) is 14.1. The molecule has 0 aliphatic heterocycles. The van der Waals surface area contributed by atoms with Crippen LogP contribution in [0.3, 0.4) is 0 Å². The zero-order valence-electron chi connectivity index (χ0n) is 36.3. The maximum Gasteiger partial charge on any atom is 0.0540 e. The van der Waals surface area contributed by atoms with E-state index in [0.29, 0.717) is 0 Å². The highest BCUT2D eigenvalue weighted by atomic mass is 15.2. The summed E-state index contributed by atoms with van der Waals surface area (Å²) in [4.78, 5) is 4.97. The molecule has 0 saturated carbocycles. The van der Waals surface area contributed by atoms with Gasteiger partial charge in [-0.25, -0.2) is 0 Å². The molecule has 1 aliphatic rings. The SMILES string of the molecule is CC1(C)c2cc(N(c3cccc4ccccc34)c3cccc4ccccc34)ccc2-c2c1c1ccc(N(c3cccc4ccccc34)c3cccc4ccccc34)cc1c1ccccc21. The molecule has 13 rings (SSSR count). The summed E-state index contributed by atoms with van der Waals surface area (Å²) in [6.07, 6.45) is 0. The Morgan fingerprint density at radius 2 is 0.662 bits per heavy atom. The molecule has 0 N–H and O–H groups in total. The molecule has 306 valence electrons. The topological polar surface area (TPSA) is 6.48 Å². The van der Waals surface area contributed by atoms with E-state index in [2.05, 4.69) is 254 Å². The van der Waals surface area contributed by atoms with Crippen LogP contribution in [0.15, 0.2) is 231 Å². The van der Waals surface area contributed by atoms with Crippen LogP contribution in [0.2, 0.25) is 0 Å². The minimum absolute atomic E-state index is 0.307. The molecule has 0 saturated heterocycles. The van der Waals surface area contributed by atoms with E-state index in [1.165, 1.54) is 86.9 Å². The van der Waals surface area contributed by atoms with Gasteiger partial charge in [0.15, 0.2) is 0 Å². The Bertz CT molecular complexity index is 3720. The molecular formula is C63H44N2. The van der Waals surface area contributed by atoms with Gasteiger partial charge in [0.2, 0.25) is 0 Å². The van der Waals surface area contributed by atoms with E-state index in [1.807, 2.05) is 0 Å². The average molecular weight is 829 g/mol. The molecule has 1 aliphatic carbocycles. The van der Waals surface area contributed by atoms with E-state index in [4.69, 9.17) is 0 Å². The molecule has 2 heteroatoms. The summed E-state index contributed by atoms with van der Waals surface area (Å²) >= 11 is 0. The molecule has 0 radical (unpaired) electrons. The van der Waals surface area contributed by atoms with Gasteiger partial charge in [-0.1, -0.05) is 196 Å². The van der Waals surface area contributed by atoms with Crippen LogP contribution in [0.5, 0.6) is 0 Å². The normalized spacial score (nSPS) is 12.9. The summed E-state index contributed by atoms with van der Waals surface area (Å²) in [6.45, 7) is 4.87. The first-order valence-corrected chi connectivity index (χ1v) is 22.7. The number of hydrogen-bond acceptors (Lipinski definition) is 2. The summed E-state index contributed by atoms with van der Waals surface area (Å²) in [5.74, 6) is 0. The largest absolute Gasteiger partial charge is 0.309 e. The highest BCUT2D eigenvalue weighted by molar-refractivity contribution is 6.20. The fourth-order valence-corrected chi connectivity index (χ4v) is 11.2. The number of rotatable bonds is 6. The lowest BCUT2D eigenvalue weighted by Crippen LogP contribution is -2.17. The van der Waals surface area contributed by atoms with Crippen molar-refractivity contribution in [3.63, 3.8) is 0 Å². The van der Waals surface area contributed by atoms with Gasteiger partial charge in [0.1, 0.15) is 0 Å². The van der Waals surface area contributed by atoms with Gasteiger partial charge in [-0.2, -0.15) is 0 Å². The van der Waals surface area contributed by atoms with E-state index in [-0.39, 0.29) is 5.41 Å². The molecule has 12 aromatic rings. The number of hydrogen-bond donors (Lipinski definition) is 0. The average Bonchev–Trinajstić information content (AvgIpc) is 3.60. The van der Waals surface area contributed by atoms with Crippen LogP contribution >= 0.6 is 0 Å². The van der Waals surface area contributed by atoms with Gasteiger partial charge in [0.25, 0.3) is 0 Å². The van der Waals surface area contributed by atoms with E-state index in [1.54, 1.807) is 0 Å². The molecule has 0 heterocycles. The molecule has 0 amide bonds. The van der Waals surface area contributed by atoms with Crippen molar-refractivity contribution in [3.8, 4) is 11.1 Å². The lowest BCUT2D eigenvalue weighted by molar-refractivity contribution is 0.666. The van der Waals surface area contributed by atoms with Crippen molar-refractivity contribution in [1.82, 2.24) is 0 Å². The van der Waals surface area contributed by atoms with Gasteiger partial charge < -0.3 is 9.80 Å². The van der Waals surface area contributed by atoms with Crippen LogP contribution in [0.4, 0.5) is 34.1 Å². The Hall–Kier alpha value is -8.20. The van der Waals surface area contributed by atoms with Crippen molar-refractivity contribution < 1.29 is 0 Å². The summed E-state index contributed by atoms with van der Waals surface area (Å²) in [5.41, 5.74) is 12.0. The highest BCUT2D eigenvalue weighted by Gasteiger charge is 2.39. The van der Waals surface area contributed by atoms with Crippen LogP contribution in [0, 0.1) is 0 Å². The van der Waals surface area contributed by atoms with E-state index in [9.17, 15) is 0 Å². The van der Waals surface area contributed by atoms with Crippen LogP contribution < -0.4 is 9.80 Å². The van der Waals surface area contributed by atoms with E-state index < -0.39 is 0 Å². The molecule has 0 fully saturated rings. The number of benzene rings is 12. The second-order valence-corrected chi connectivity index (χ2v) is 18.0. The minimum atomic E-state index is -0.307. The van der Waals surface area contributed by atoms with Crippen molar-refractivity contribution in [2.45, 2.75) is 19.3 Å². The van der Waals surface area contributed by atoms with Crippen LogP contribution in [0.25, 0.3) is 75.8 Å². The number of nitrogens with zero attached hydrogens (tertiary/aromatic N) is 2. The fraction of sp³-hybridized carbons (Fsp3) is 0.0476. The summed E-state index contributed by atoms with van der Waals surface area (Å²) in [6, 6.07) is 85.2. The monoisotopic (exact) mass is 828 g/mol. The van der Waals surface area contributed by atoms with Crippen LogP contribution in [-0.2, 0) is 5.41 Å².